The van der Waals surface area contributed by atoms with Crippen molar-refractivity contribution in [2.75, 3.05) is 11.9 Å². The quantitative estimate of drug-likeness (QED) is 0.935. The Morgan fingerprint density at radius 3 is 2.83 bits per heavy atom. The van der Waals surface area contributed by atoms with Crippen molar-refractivity contribution >= 4 is 28.6 Å². The molecule has 1 aromatic carbocycles. The van der Waals surface area contributed by atoms with Crippen molar-refractivity contribution in [3.05, 3.63) is 44.9 Å². The van der Waals surface area contributed by atoms with Crippen LogP contribution in [0.4, 0.5) is 5.69 Å². The maximum atomic E-state index is 9.39. The molecule has 0 unspecified atom stereocenters. The second-order valence-corrected chi connectivity index (χ2v) is 5.58. The lowest BCUT2D eigenvalue weighted by Crippen LogP contribution is -2.18. The number of nitrogens with zero attached hydrogens (tertiary/aromatic N) is 2. The van der Waals surface area contributed by atoms with Gasteiger partial charge >= 0.3 is 0 Å². The molecule has 0 bridgehead atoms. The van der Waals surface area contributed by atoms with Crippen molar-refractivity contribution in [3.8, 4) is 0 Å². The number of aryl methyl sites for hydroxylation is 1. The molecule has 0 radical (unpaired) electrons. The monoisotopic (exact) mass is 282 g/mol. The van der Waals surface area contributed by atoms with Crippen molar-refractivity contribution < 1.29 is 5.11 Å². The lowest BCUT2D eigenvalue weighted by molar-refractivity contribution is 0.282. The first-order valence-electron chi connectivity index (χ1n) is 5.62. The standard InChI is InChI=1S/C13H15ClN2OS/c1-9-15-10(8-18-9)6-16(2)13-5-3-4-12(14)11(13)7-17/h3-5,8,17H,6-7H2,1-2H3. The maximum Gasteiger partial charge on any atom is 0.0898 e. The number of aromatic nitrogens is 1. The molecular formula is C13H15ClN2OS. The third-order valence-electron chi connectivity index (χ3n) is 2.73. The van der Waals surface area contributed by atoms with Gasteiger partial charge in [0, 0.05) is 28.7 Å². The average molecular weight is 283 g/mol. The van der Waals surface area contributed by atoms with E-state index < -0.39 is 0 Å². The number of benzene rings is 1. The Morgan fingerprint density at radius 1 is 1.44 bits per heavy atom. The molecule has 1 N–H and O–H groups in total. The van der Waals surface area contributed by atoms with Crippen LogP contribution in [0.1, 0.15) is 16.3 Å². The SMILES string of the molecule is Cc1nc(CN(C)c2cccc(Cl)c2CO)cs1. The van der Waals surface area contributed by atoms with E-state index in [2.05, 4.69) is 10.4 Å². The van der Waals surface area contributed by atoms with Crippen molar-refractivity contribution in [1.82, 2.24) is 4.98 Å². The van der Waals surface area contributed by atoms with Gasteiger partial charge in [0.1, 0.15) is 0 Å². The van der Waals surface area contributed by atoms with Crippen LogP contribution in [0.5, 0.6) is 0 Å². The van der Waals surface area contributed by atoms with E-state index in [1.807, 2.05) is 31.0 Å². The number of hydrogen-bond donors (Lipinski definition) is 1. The normalized spacial score (nSPS) is 10.7. The van der Waals surface area contributed by atoms with E-state index in [0.29, 0.717) is 11.6 Å². The minimum atomic E-state index is -0.0601. The molecule has 0 saturated heterocycles. The summed E-state index contributed by atoms with van der Waals surface area (Å²) in [6.07, 6.45) is 0. The van der Waals surface area contributed by atoms with Crippen LogP contribution in [-0.2, 0) is 13.2 Å². The number of thiazole rings is 1. The van der Waals surface area contributed by atoms with E-state index in [4.69, 9.17) is 11.6 Å². The molecule has 2 rings (SSSR count). The predicted octanol–water partition coefficient (Wildman–Crippen LogP) is 3.23. The van der Waals surface area contributed by atoms with Crippen LogP contribution in [0.25, 0.3) is 0 Å². The number of halogens is 1. The zero-order chi connectivity index (χ0) is 13.1. The molecule has 96 valence electrons. The van der Waals surface area contributed by atoms with E-state index in [-0.39, 0.29) is 6.61 Å². The number of aliphatic hydroxyl groups is 1. The highest BCUT2D eigenvalue weighted by Crippen LogP contribution is 2.27. The van der Waals surface area contributed by atoms with Gasteiger partial charge < -0.3 is 10.0 Å². The average Bonchev–Trinajstić information content (AvgIpc) is 2.74. The molecule has 0 spiro atoms. The smallest absolute Gasteiger partial charge is 0.0898 e. The number of aliphatic hydroxyl groups excluding tert-OH is 1. The van der Waals surface area contributed by atoms with E-state index in [9.17, 15) is 5.11 Å². The Labute approximate surface area is 116 Å². The Balaban J connectivity index is 2.23. The molecule has 2 aromatic rings. The summed E-state index contributed by atoms with van der Waals surface area (Å²) in [6.45, 7) is 2.64. The van der Waals surface area contributed by atoms with Gasteiger partial charge in [0.25, 0.3) is 0 Å². The highest BCUT2D eigenvalue weighted by atomic mass is 35.5. The van der Waals surface area contributed by atoms with Crippen molar-refractivity contribution in [2.45, 2.75) is 20.1 Å². The van der Waals surface area contributed by atoms with Gasteiger partial charge in [0.15, 0.2) is 0 Å². The van der Waals surface area contributed by atoms with E-state index >= 15 is 0 Å². The largest absolute Gasteiger partial charge is 0.392 e. The first-order chi connectivity index (χ1) is 8.61. The zero-order valence-corrected chi connectivity index (χ0v) is 11.9. The fourth-order valence-electron chi connectivity index (χ4n) is 1.87. The van der Waals surface area contributed by atoms with Crippen LogP contribution in [-0.4, -0.2) is 17.1 Å². The summed E-state index contributed by atoms with van der Waals surface area (Å²) in [5.74, 6) is 0. The predicted molar refractivity (Wildman–Crippen MR) is 76.3 cm³/mol. The second kappa shape index (κ2) is 5.69. The summed E-state index contributed by atoms with van der Waals surface area (Å²) in [4.78, 5) is 6.48. The first-order valence-corrected chi connectivity index (χ1v) is 6.88. The van der Waals surface area contributed by atoms with E-state index in [1.54, 1.807) is 17.4 Å². The minimum Gasteiger partial charge on any atom is -0.392 e. The third-order valence-corrected chi connectivity index (χ3v) is 3.91. The highest BCUT2D eigenvalue weighted by Gasteiger charge is 2.11. The number of hydrogen-bond acceptors (Lipinski definition) is 4. The highest BCUT2D eigenvalue weighted by molar-refractivity contribution is 7.09. The second-order valence-electron chi connectivity index (χ2n) is 4.11. The topological polar surface area (TPSA) is 36.4 Å². The van der Waals surface area contributed by atoms with Crippen LogP contribution >= 0.6 is 22.9 Å². The summed E-state index contributed by atoms with van der Waals surface area (Å²) in [5.41, 5.74) is 2.73. The number of rotatable bonds is 4. The van der Waals surface area contributed by atoms with Gasteiger partial charge in [-0.05, 0) is 19.1 Å². The molecule has 0 atom stereocenters. The molecule has 1 heterocycles. The van der Waals surface area contributed by atoms with Gasteiger partial charge in [-0.15, -0.1) is 11.3 Å². The summed E-state index contributed by atoms with van der Waals surface area (Å²) in [7, 11) is 1.97. The Kier molecular flexibility index (Phi) is 4.22. The fourth-order valence-corrected chi connectivity index (χ4v) is 2.70. The Morgan fingerprint density at radius 2 is 2.22 bits per heavy atom. The zero-order valence-electron chi connectivity index (χ0n) is 10.4. The van der Waals surface area contributed by atoms with Gasteiger partial charge in [-0.3, -0.25) is 0 Å². The Bertz CT molecular complexity index is 542. The Hall–Kier alpha value is -1.10. The molecule has 0 amide bonds. The maximum absolute atomic E-state index is 9.39. The first kappa shape index (κ1) is 13.3. The van der Waals surface area contributed by atoms with Crippen LogP contribution in [0, 0.1) is 6.92 Å². The molecule has 18 heavy (non-hydrogen) atoms. The van der Waals surface area contributed by atoms with Gasteiger partial charge in [0.05, 0.1) is 23.9 Å². The minimum absolute atomic E-state index is 0.0601. The molecule has 5 heteroatoms. The van der Waals surface area contributed by atoms with Crippen molar-refractivity contribution in [2.24, 2.45) is 0 Å². The van der Waals surface area contributed by atoms with Gasteiger partial charge in [-0.25, -0.2) is 4.98 Å². The van der Waals surface area contributed by atoms with Gasteiger partial charge in [0.2, 0.25) is 0 Å². The third kappa shape index (κ3) is 2.83. The molecule has 0 aliphatic carbocycles. The van der Waals surface area contributed by atoms with Gasteiger partial charge in [-0.2, -0.15) is 0 Å². The molecule has 0 aliphatic rings. The summed E-state index contributed by atoms with van der Waals surface area (Å²) in [6, 6.07) is 5.63. The molecule has 0 aliphatic heterocycles. The van der Waals surface area contributed by atoms with Crippen LogP contribution in [0.2, 0.25) is 5.02 Å². The molecular weight excluding hydrogens is 268 g/mol. The van der Waals surface area contributed by atoms with E-state index in [0.717, 1.165) is 22.0 Å². The molecule has 0 saturated carbocycles. The van der Waals surface area contributed by atoms with Crippen LogP contribution in [0.15, 0.2) is 23.6 Å². The lowest BCUT2D eigenvalue weighted by Gasteiger charge is -2.21. The molecule has 0 fully saturated rings. The van der Waals surface area contributed by atoms with Crippen LogP contribution < -0.4 is 4.90 Å². The molecule has 1 aromatic heterocycles. The summed E-state index contributed by atoms with van der Waals surface area (Å²) >= 11 is 7.72. The number of anilines is 1. The fraction of sp³-hybridized carbons (Fsp3) is 0.308. The summed E-state index contributed by atoms with van der Waals surface area (Å²) < 4.78 is 0. The van der Waals surface area contributed by atoms with Crippen LogP contribution in [0.3, 0.4) is 0 Å². The molecule has 3 nitrogen and oxygen atoms in total. The van der Waals surface area contributed by atoms with E-state index in [1.165, 1.54) is 0 Å². The lowest BCUT2D eigenvalue weighted by atomic mass is 10.1. The van der Waals surface area contributed by atoms with Gasteiger partial charge in [-0.1, -0.05) is 17.7 Å². The summed E-state index contributed by atoms with van der Waals surface area (Å²) in [5, 5.41) is 13.1. The van der Waals surface area contributed by atoms with Crippen molar-refractivity contribution in [3.63, 3.8) is 0 Å². The van der Waals surface area contributed by atoms with Crippen molar-refractivity contribution in [1.29, 1.82) is 0 Å².